The van der Waals surface area contributed by atoms with Crippen LogP contribution in [0.15, 0.2) is 59.1 Å². The number of carbonyl (C=O) groups excluding carboxylic acids is 1. The van der Waals surface area contributed by atoms with Gasteiger partial charge in [0.25, 0.3) is 0 Å². The van der Waals surface area contributed by atoms with Crippen molar-refractivity contribution in [1.29, 1.82) is 0 Å². The van der Waals surface area contributed by atoms with Crippen LogP contribution in [-0.4, -0.2) is 26.4 Å². The molecule has 0 bridgehead atoms. The maximum absolute atomic E-state index is 13.7. The molecule has 8 heteroatoms. The molecule has 0 aliphatic carbocycles. The normalized spacial score (nSPS) is 11.0. The maximum atomic E-state index is 13.7. The number of thiophene rings is 1. The van der Waals surface area contributed by atoms with Crippen molar-refractivity contribution in [1.82, 2.24) is 14.8 Å². The van der Waals surface area contributed by atoms with Gasteiger partial charge in [-0.3, -0.25) is 4.79 Å². The smallest absolute Gasteiger partial charge is 0.234 e. The summed E-state index contributed by atoms with van der Waals surface area (Å²) in [5.41, 5.74) is 4.69. The van der Waals surface area contributed by atoms with E-state index in [1.807, 2.05) is 11.6 Å². The molecule has 0 unspecified atom stereocenters. The number of amides is 1. The number of aromatic nitrogens is 3. The van der Waals surface area contributed by atoms with Crippen molar-refractivity contribution in [2.45, 2.75) is 19.0 Å². The number of rotatable bonds is 6. The SMILES string of the molecule is Cc1ccc(-c2c(-c3nnc(SCC(=O)Nc4ccccc4F)n3C)csc2C)cc1. The van der Waals surface area contributed by atoms with Gasteiger partial charge < -0.3 is 9.88 Å². The number of halogens is 1. The van der Waals surface area contributed by atoms with Crippen molar-refractivity contribution < 1.29 is 9.18 Å². The number of para-hydroxylation sites is 1. The van der Waals surface area contributed by atoms with Crippen LogP contribution in [-0.2, 0) is 11.8 Å². The standard InChI is InChI=1S/C23H21FN4OS2/c1-14-8-10-16(11-9-14)21-15(2)30-12-17(21)22-26-27-23(28(22)3)31-13-20(29)25-19-7-5-4-6-18(19)24/h4-12H,13H2,1-3H3,(H,25,29). The van der Waals surface area contributed by atoms with E-state index in [1.54, 1.807) is 23.5 Å². The van der Waals surface area contributed by atoms with Crippen LogP contribution >= 0.6 is 23.1 Å². The summed E-state index contributed by atoms with van der Waals surface area (Å²) >= 11 is 2.94. The number of hydrogen-bond acceptors (Lipinski definition) is 5. The first kappa shape index (κ1) is 21.3. The third kappa shape index (κ3) is 4.55. The molecular weight excluding hydrogens is 431 g/mol. The van der Waals surface area contributed by atoms with Crippen LogP contribution in [0.3, 0.4) is 0 Å². The first-order chi connectivity index (χ1) is 14.9. The third-order valence-corrected chi connectivity index (χ3v) is 6.80. The number of nitrogens with zero attached hydrogens (tertiary/aromatic N) is 3. The largest absolute Gasteiger partial charge is 0.323 e. The molecule has 0 fully saturated rings. The quantitative estimate of drug-likeness (QED) is 0.382. The Labute approximate surface area is 188 Å². The Morgan fingerprint density at radius 1 is 1.13 bits per heavy atom. The van der Waals surface area contributed by atoms with E-state index in [4.69, 9.17) is 0 Å². The second-order valence-corrected chi connectivity index (χ2v) is 9.15. The number of anilines is 1. The summed E-state index contributed by atoms with van der Waals surface area (Å²) in [6, 6.07) is 14.5. The van der Waals surface area contributed by atoms with Crippen molar-refractivity contribution in [3.05, 3.63) is 70.2 Å². The average Bonchev–Trinajstić information content (AvgIpc) is 3.31. The lowest BCUT2D eigenvalue weighted by Gasteiger charge is -2.08. The number of hydrogen-bond donors (Lipinski definition) is 1. The summed E-state index contributed by atoms with van der Waals surface area (Å²) in [5.74, 6) is 0.0925. The lowest BCUT2D eigenvalue weighted by atomic mass is 10.0. The van der Waals surface area contributed by atoms with Crippen molar-refractivity contribution in [2.75, 3.05) is 11.1 Å². The van der Waals surface area contributed by atoms with E-state index in [9.17, 15) is 9.18 Å². The molecule has 1 N–H and O–H groups in total. The molecule has 31 heavy (non-hydrogen) atoms. The van der Waals surface area contributed by atoms with Gasteiger partial charge in [-0.1, -0.05) is 53.7 Å². The molecule has 4 aromatic rings. The molecule has 5 nitrogen and oxygen atoms in total. The van der Waals surface area contributed by atoms with Gasteiger partial charge in [0.05, 0.1) is 11.4 Å². The van der Waals surface area contributed by atoms with Crippen molar-refractivity contribution >= 4 is 34.7 Å². The number of carbonyl (C=O) groups is 1. The molecular formula is C23H21FN4OS2. The van der Waals surface area contributed by atoms with Gasteiger partial charge >= 0.3 is 0 Å². The number of thioether (sulfide) groups is 1. The fraction of sp³-hybridized carbons (Fsp3) is 0.174. The number of nitrogens with one attached hydrogen (secondary N) is 1. The van der Waals surface area contributed by atoms with E-state index >= 15 is 0 Å². The zero-order chi connectivity index (χ0) is 22.0. The van der Waals surface area contributed by atoms with Gasteiger partial charge in [0.15, 0.2) is 11.0 Å². The third-order valence-electron chi connectivity index (χ3n) is 4.87. The highest BCUT2D eigenvalue weighted by Crippen LogP contribution is 2.38. The Kier molecular flexibility index (Phi) is 6.20. The molecule has 4 rings (SSSR count). The van der Waals surface area contributed by atoms with Gasteiger partial charge in [-0.05, 0) is 31.5 Å². The van der Waals surface area contributed by atoms with Crippen molar-refractivity contribution in [3.63, 3.8) is 0 Å². The Morgan fingerprint density at radius 2 is 1.87 bits per heavy atom. The predicted octanol–water partition coefficient (Wildman–Crippen LogP) is 5.70. The molecule has 0 aliphatic rings. The highest BCUT2D eigenvalue weighted by molar-refractivity contribution is 7.99. The summed E-state index contributed by atoms with van der Waals surface area (Å²) in [7, 11) is 1.89. The van der Waals surface area contributed by atoms with Crippen LogP contribution in [0, 0.1) is 19.7 Å². The predicted molar refractivity (Wildman–Crippen MR) is 125 cm³/mol. The Bertz CT molecular complexity index is 1230. The monoisotopic (exact) mass is 452 g/mol. The van der Waals surface area contributed by atoms with E-state index in [0.717, 1.165) is 22.5 Å². The molecule has 0 saturated heterocycles. The Balaban J connectivity index is 1.52. The molecule has 1 amide bonds. The van der Waals surface area contributed by atoms with Crippen LogP contribution in [0.4, 0.5) is 10.1 Å². The van der Waals surface area contributed by atoms with Gasteiger partial charge in [0.1, 0.15) is 5.82 Å². The number of aryl methyl sites for hydroxylation is 2. The highest BCUT2D eigenvalue weighted by Gasteiger charge is 2.19. The van der Waals surface area contributed by atoms with E-state index in [2.05, 4.69) is 59.0 Å². The minimum atomic E-state index is -0.460. The van der Waals surface area contributed by atoms with Gasteiger partial charge in [0.2, 0.25) is 5.91 Å². The first-order valence-electron chi connectivity index (χ1n) is 9.66. The lowest BCUT2D eigenvalue weighted by molar-refractivity contribution is -0.113. The second-order valence-electron chi connectivity index (χ2n) is 7.13. The van der Waals surface area contributed by atoms with Crippen LogP contribution in [0.1, 0.15) is 10.4 Å². The molecule has 2 aromatic carbocycles. The summed E-state index contributed by atoms with van der Waals surface area (Å²) in [4.78, 5) is 13.5. The van der Waals surface area contributed by atoms with Gasteiger partial charge in [0, 0.05) is 28.4 Å². The molecule has 0 spiro atoms. The molecule has 0 atom stereocenters. The lowest BCUT2D eigenvalue weighted by Crippen LogP contribution is -2.15. The maximum Gasteiger partial charge on any atom is 0.234 e. The molecule has 2 heterocycles. The second kappa shape index (κ2) is 9.03. The van der Waals surface area contributed by atoms with Crippen LogP contribution in [0.2, 0.25) is 0 Å². The Hall–Kier alpha value is -2.97. The van der Waals surface area contributed by atoms with E-state index in [0.29, 0.717) is 5.16 Å². The fourth-order valence-electron chi connectivity index (χ4n) is 3.25. The zero-order valence-corrected chi connectivity index (χ0v) is 19.0. The summed E-state index contributed by atoms with van der Waals surface area (Å²) < 4.78 is 15.6. The number of benzene rings is 2. The van der Waals surface area contributed by atoms with Crippen LogP contribution < -0.4 is 5.32 Å². The minimum Gasteiger partial charge on any atom is -0.323 e. The van der Waals surface area contributed by atoms with Gasteiger partial charge in [-0.15, -0.1) is 21.5 Å². The topological polar surface area (TPSA) is 59.8 Å². The molecule has 158 valence electrons. The minimum absolute atomic E-state index is 0.105. The molecule has 0 radical (unpaired) electrons. The van der Waals surface area contributed by atoms with Crippen molar-refractivity contribution in [3.8, 4) is 22.5 Å². The van der Waals surface area contributed by atoms with E-state index in [1.165, 1.54) is 34.3 Å². The van der Waals surface area contributed by atoms with Gasteiger partial charge in [-0.2, -0.15) is 0 Å². The van der Waals surface area contributed by atoms with Gasteiger partial charge in [-0.25, -0.2) is 4.39 Å². The zero-order valence-electron chi connectivity index (χ0n) is 17.3. The highest BCUT2D eigenvalue weighted by atomic mass is 32.2. The molecule has 0 aliphatic heterocycles. The van der Waals surface area contributed by atoms with E-state index in [-0.39, 0.29) is 17.3 Å². The van der Waals surface area contributed by atoms with Crippen molar-refractivity contribution in [2.24, 2.45) is 7.05 Å². The fourth-order valence-corrected chi connectivity index (χ4v) is 4.83. The molecule has 2 aromatic heterocycles. The average molecular weight is 453 g/mol. The summed E-state index contributed by atoms with van der Waals surface area (Å²) in [6.45, 7) is 4.17. The molecule has 0 saturated carbocycles. The summed E-state index contributed by atoms with van der Waals surface area (Å²) in [6.07, 6.45) is 0. The summed E-state index contributed by atoms with van der Waals surface area (Å²) in [5, 5.41) is 14.0. The Morgan fingerprint density at radius 3 is 2.61 bits per heavy atom. The van der Waals surface area contributed by atoms with E-state index < -0.39 is 5.82 Å². The first-order valence-corrected chi connectivity index (χ1v) is 11.5. The van der Waals surface area contributed by atoms with Crippen LogP contribution in [0.5, 0.6) is 0 Å². The van der Waals surface area contributed by atoms with Crippen LogP contribution in [0.25, 0.3) is 22.5 Å².